The van der Waals surface area contributed by atoms with Gasteiger partial charge in [-0.1, -0.05) is 48.9 Å². The lowest BCUT2D eigenvalue weighted by Gasteiger charge is -2.18. The quantitative estimate of drug-likeness (QED) is 0.621. The van der Waals surface area contributed by atoms with Gasteiger partial charge in [0.05, 0.1) is 21.7 Å². The summed E-state index contributed by atoms with van der Waals surface area (Å²) in [7, 11) is -3.55. The number of hydrogen-bond donors (Lipinski definition) is 0. The summed E-state index contributed by atoms with van der Waals surface area (Å²) in [5.74, 6) is 0. The lowest BCUT2D eigenvalue weighted by molar-refractivity contribution is 0.445. The Kier molecular flexibility index (Phi) is 5.53. The van der Waals surface area contributed by atoms with Crippen LogP contribution in [0.2, 0.25) is 5.02 Å². The first-order valence-electron chi connectivity index (χ1n) is 8.24. The number of halogens is 1. The first-order valence-corrected chi connectivity index (χ1v) is 10.9. The average Bonchev–Trinajstić information content (AvgIpc) is 2.92. The molecule has 0 atom stereocenters. The van der Waals surface area contributed by atoms with Crippen molar-refractivity contribution in [3.8, 4) is 0 Å². The Morgan fingerprint density at radius 2 is 1.73 bits per heavy atom. The molecule has 2 aromatic carbocycles. The maximum Gasteiger partial charge on any atom is 0.308 e. The second kappa shape index (κ2) is 7.52. The van der Waals surface area contributed by atoms with Crippen molar-refractivity contribution in [2.75, 3.05) is 13.1 Å². The number of hydrogen-bond acceptors (Lipinski definition) is 4. The van der Waals surface area contributed by atoms with Gasteiger partial charge in [0, 0.05) is 18.1 Å². The van der Waals surface area contributed by atoms with Crippen molar-refractivity contribution in [1.82, 2.24) is 8.87 Å². The van der Waals surface area contributed by atoms with Crippen molar-refractivity contribution in [3.63, 3.8) is 0 Å². The number of aromatic nitrogens is 1. The third-order valence-electron chi connectivity index (χ3n) is 4.24. The van der Waals surface area contributed by atoms with Crippen LogP contribution in [0.25, 0.3) is 10.2 Å². The molecule has 0 unspecified atom stereocenters. The van der Waals surface area contributed by atoms with Gasteiger partial charge >= 0.3 is 4.87 Å². The molecule has 1 aromatic heterocycles. The first kappa shape index (κ1) is 19.1. The minimum Gasteiger partial charge on any atom is -0.294 e. The molecular weight excluding hydrogens is 392 g/mol. The van der Waals surface area contributed by atoms with Crippen molar-refractivity contribution in [1.29, 1.82) is 0 Å². The number of thiazole rings is 1. The third kappa shape index (κ3) is 3.57. The molecule has 0 bridgehead atoms. The predicted molar refractivity (Wildman–Crippen MR) is 107 cm³/mol. The van der Waals surface area contributed by atoms with Crippen molar-refractivity contribution < 1.29 is 8.42 Å². The zero-order valence-electron chi connectivity index (χ0n) is 14.5. The Balaban J connectivity index is 2.03. The molecule has 0 radical (unpaired) electrons. The van der Waals surface area contributed by atoms with E-state index in [1.807, 2.05) is 12.1 Å². The van der Waals surface area contributed by atoms with Gasteiger partial charge in [0.25, 0.3) is 0 Å². The van der Waals surface area contributed by atoms with Crippen molar-refractivity contribution in [2.24, 2.45) is 0 Å². The molecular formula is C18H19ClN2O3S2. The second-order valence-electron chi connectivity index (χ2n) is 5.80. The van der Waals surface area contributed by atoms with Crippen LogP contribution >= 0.6 is 22.9 Å². The summed E-state index contributed by atoms with van der Waals surface area (Å²) in [5, 5.41) is 0.641. The third-order valence-corrected chi connectivity index (χ3v) is 7.48. The molecule has 0 saturated heterocycles. The molecule has 1 heterocycles. The van der Waals surface area contributed by atoms with Crippen molar-refractivity contribution >= 4 is 43.2 Å². The Labute approximate surface area is 161 Å². The number of sulfonamides is 1. The number of fused-ring (bicyclic) bond motifs is 1. The van der Waals surface area contributed by atoms with Crippen LogP contribution in [-0.4, -0.2) is 30.4 Å². The van der Waals surface area contributed by atoms with E-state index in [0.29, 0.717) is 29.4 Å². The van der Waals surface area contributed by atoms with Crippen LogP contribution in [0.3, 0.4) is 0 Å². The molecule has 0 fully saturated rings. The van der Waals surface area contributed by atoms with E-state index in [0.717, 1.165) is 22.4 Å². The van der Waals surface area contributed by atoms with Crippen molar-refractivity contribution in [3.05, 3.63) is 62.7 Å². The van der Waals surface area contributed by atoms with Gasteiger partial charge < -0.3 is 0 Å². The van der Waals surface area contributed by atoms with Gasteiger partial charge in [-0.15, -0.1) is 0 Å². The molecule has 26 heavy (non-hydrogen) atoms. The minimum absolute atomic E-state index is 0.118. The zero-order chi connectivity index (χ0) is 18.9. The summed E-state index contributed by atoms with van der Waals surface area (Å²) in [6.45, 7) is 4.84. The lowest BCUT2D eigenvalue weighted by Crippen LogP contribution is -2.30. The summed E-state index contributed by atoms with van der Waals surface area (Å²) in [6.07, 6.45) is 0. The molecule has 0 aliphatic heterocycles. The molecule has 0 spiro atoms. The summed E-state index contributed by atoms with van der Waals surface area (Å²) in [5.41, 5.74) is 1.68. The van der Waals surface area contributed by atoms with Crippen LogP contribution in [0.1, 0.15) is 19.4 Å². The fraction of sp³-hybridized carbons (Fsp3) is 0.278. The summed E-state index contributed by atoms with van der Waals surface area (Å²) in [6, 6.07) is 12.2. The van der Waals surface area contributed by atoms with Crippen LogP contribution in [0.15, 0.2) is 52.2 Å². The maximum atomic E-state index is 12.7. The monoisotopic (exact) mass is 410 g/mol. The molecule has 0 aliphatic rings. The van der Waals surface area contributed by atoms with E-state index < -0.39 is 10.0 Å². The van der Waals surface area contributed by atoms with Gasteiger partial charge in [-0.2, -0.15) is 4.31 Å². The normalized spacial score (nSPS) is 12.2. The van der Waals surface area contributed by atoms with Gasteiger partial charge in [0.15, 0.2) is 0 Å². The number of benzene rings is 2. The smallest absolute Gasteiger partial charge is 0.294 e. The standard InChI is InChI=1S/C18H19ClN2O3S2/c1-3-20(4-2)26(23,24)15-9-10-16-17(11-15)25-18(22)21(16)12-13-5-7-14(19)8-6-13/h5-11H,3-4,12H2,1-2H3. The molecule has 138 valence electrons. The molecule has 3 aromatic rings. The Bertz CT molecular complexity index is 1080. The van der Waals surface area contributed by atoms with Crippen LogP contribution in [0.4, 0.5) is 0 Å². The van der Waals surface area contributed by atoms with E-state index in [1.165, 1.54) is 4.31 Å². The van der Waals surface area contributed by atoms with Gasteiger partial charge in [-0.3, -0.25) is 9.36 Å². The van der Waals surface area contributed by atoms with E-state index in [-0.39, 0.29) is 9.77 Å². The summed E-state index contributed by atoms with van der Waals surface area (Å²) >= 11 is 6.96. The van der Waals surface area contributed by atoms with E-state index in [9.17, 15) is 13.2 Å². The Hall–Kier alpha value is -1.67. The SMILES string of the molecule is CCN(CC)S(=O)(=O)c1ccc2c(c1)sc(=O)n2Cc1ccc(Cl)cc1. The van der Waals surface area contributed by atoms with E-state index in [1.54, 1.807) is 48.7 Å². The largest absolute Gasteiger partial charge is 0.308 e. The number of nitrogens with zero attached hydrogens (tertiary/aromatic N) is 2. The lowest BCUT2D eigenvalue weighted by atomic mass is 10.2. The van der Waals surface area contributed by atoms with Gasteiger partial charge in [0.2, 0.25) is 10.0 Å². The fourth-order valence-corrected chi connectivity index (χ4v) is 5.46. The van der Waals surface area contributed by atoms with E-state index in [4.69, 9.17) is 11.6 Å². The first-order chi connectivity index (χ1) is 12.4. The molecule has 0 aliphatic carbocycles. The molecule has 8 heteroatoms. The Morgan fingerprint density at radius 3 is 2.35 bits per heavy atom. The van der Waals surface area contributed by atoms with Crippen LogP contribution in [0.5, 0.6) is 0 Å². The van der Waals surface area contributed by atoms with E-state index in [2.05, 4.69) is 0 Å². The van der Waals surface area contributed by atoms with Crippen molar-refractivity contribution in [2.45, 2.75) is 25.3 Å². The highest BCUT2D eigenvalue weighted by molar-refractivity contribution is 7.89. The molecule has 0 saturated carbocycles. The summed E-state index contributed by atoms with van der Waals surface area (Å²) in [4.78, 5) is 12.5. The van der Waals surface area contributed by atoms with Crippen LogP contribution < -0.4 is 4.87 Å². The average molecular weight is 411 g/mol. The van der Waals surface area contributed by atoms with Gasteiger partial charge in [-0.25, -0.2) is 8.42 Å². The van der Waals surface area contributed by atoms with Gasteiger partial charge in [0.1, 0.15) is 0 Å². The topological polar surface area (TPSA) is 59.4 Å². The molecule has 5 nitrogen and oxygen atoms in total. The highest BCUT2D eigenvalue weighted by Gasteiger charge is 2.22. The second-order valence-corrected chi connectivity index (χ2v) is 9.17. The van der Waals surface area contributed by atoms with E-state index >= 15 is 0 Å². The zero-order valence-corrected chi connectivity index (χ0v) is 16.9. The summed E-state index contributed by atoms with van der Waals surface area (Å²) < 4.78 is 29.1. The molecule has 0 N–H and O–H groups in total. The highest BCUT2D eigenvalue weighted by atomic mass is 35.5. The predicted octanol–water partition coefficient (Wildman–Crippen LogP) is 3.80. The number of rotatable bonds is 6. The van der Waals surface area contributed by atoms with Gasteiger partial charge in [-0.05, 0) is 35.9 Å². The highest BCUT2D eigenvalue weighted by Crippen LogP contribution is 2.24. The van der Waals surface area contributed by atoms with Crippen LogP contribution in [-0.2, 0) is 16.6 Å². The minimum atomic E-state index is -3.55. The molecule has 0 amide bonds. The van der Waals surface area contributed by atoms with Crippen LogP contribution in [0, 0.1) is 0 Å². The fourth-order valence-electron chi connectivity index (χ4n) is 2.84. The Morgan fingerprint density at radius 1 is 1.08 bits per heavy atom. The molecule has 3 rings (SSSR count). The maximum absolute atomic E-state index is 12.7.